The number of nitrogens with one attached hydrogen (secondary N) is 2. The number of rotatable bonds is 2. The van der Waals surface area contributed by atoms with Crippen molar-refractivity contribution in [2.24, 2.45) is 0 Å². The number of amides is 1. The van der Waals surface area contributed by atoms with E-state index in [0.29, 0.717) is 20.5 Å². The number of aromatic nitrogens is 2. The summed E-state index contributed by atoms with van der Waals surface area (Å²) in [5.74, 6) is -0.267. The summed E-state index contributed by atoms with van der Waals surface area (Å²) in [6, 6.07) is 9.26. The molecule has 0 spiro atoms. The lowest BCUT2D eigenvalue weighted by Gasteiger charge is -1.99. The molecule has 1 aromatic carbocycles. The van der Waals surface area contributed by atoms with Gasteiger partial charge in [0.2, 0.25) is 0 Å². The van der Waals surface area contributed by atoms with Crippen LogP contribution in [0, 0.1) is 6.92 Å². The molecule has 0 radical (unpaired) electrons. The molecule has 1 aliphatic rings. The number of nitrogens with zero attached hydrogens (tertiary/aromatic N) is 1. The number of thioether (sulfide) groups is 1. The molecule has 106 valence electrons. The summed E-state index contributed by atoms with van der Waals surface area (Å²) in [6.07, 6.45) is 1.58. The highest BCUT2D eigenvalue weighted by molar-refractivity contribution is 8.26. The Hall–Kier alpha value is -2.12. The van der Waals surface area contributed by atoms with Crippen molar-refractivity contribution in [2.45, 2.75) is 6.92 Å². The second-order valence-electron chi connectivity index (χ2n) is 4.48. The van der Waals surface area contributed by atoms with E-state index >= 15 is 0 Å². The molecule has 0 aliphatic carbocycles. The fourth-order valence-electron chi connectivity index (χ4n) is 2.04. The molecule has 1 amide bonds. The van der Waals surface area contributed by atoms with E-state index in [1.54, 1.807) is 13.0 Å². The van der Waals surface area contributed by atoms with Gasteiger partial charge in [-0.25, -0.2) is 4.68 Å². The van der Waals surface area contributed by atoms with E-state index in [2.05, 4.69) is 10.4 Å². The van der Waals surface area contributed by atoms with Crippen LogP contribution in [0.5, 0.6) is 0 Å². The molecule has 2 heterocycles. The molecule has 1 saturated heterocycles. The molecule has 3 rings (SSSR count). The largest absolute Gasteiger partial charge is 0.307 e. The predicted molar refractivity (Wildman–Crippen MR) is 87.4 cm³/mol. The molecule has 0 unspecified atom stereocenters. The predicted octanol–water partition coefficient (Wildman–Crippen LogP) is 1.96. The third-order valence-electron chi connectivity index (χ3n) is 3.05. The maximum Gasteiger partial charge on any atom is 0.278 e. The van der Waals surface area contributed by atoms with Crippen molar-refractivity contribution in [1.29, 1.82) is 0 Å². The molecule has 0 bridgehead atoms. The molecule has 1 aliphatic heterocycles. The lowest BCUT2D eigenvalue weighted by atomic mass is 10.2. The van der Waals surface area contributed by atoms with Gasteiger partial charge in [-0.05, 0) is 25.1 Å². The van der Waals surface area contributed by atoms with Crippen LogP contribution in [0.25, 0.3) is 11.8 Å². The zero-order chi connectivity index (χ0) is 15.0. The van der Waals surface area contributed by atoms with Crippen LogP contribution in [0.15, 0.2) is 40.0 Å². The first-order valence-corrected chi connectivity index (χ1v) is 7.40. The zero-order valence-corrected chi connectivity index (χ0v) is 12.7. The van der Waals surface area contributed by atoms with Gasteiger partial charge in [0.15, 0.2) is 0 Å². The standard InChI is InChI=1S/C14H11N3O2S2/c1-8-10(7-11-12(18)15-14(20)21-11)13(19)17(16-8)9-5-3-2-4-6-9/h2-7,16H,1H3,(H,15,18,20). The maximum absolute atomic E-state index is 12.5. The fourth-order valence-corrected chi connectivity index (χ4v) is 3.07. The molecule has 7 heteroatoms. The number of aromatic amines is 1. The Morgan fingerprint density at radius 2 is 1.95 bits per heavy atom. The van der Waals surface area contributed by atoms with E-state index in [4.69, 9.17) is 12.2 Å². The van der Waals surface area contributed by atoms with Gasteiger partial charge in [-0.3, -0.25) is 14.7 Å². The van der Waals surface area contributed by atoms with Crippen molar-refractivity contribution in [3.63, 3.8) is 0 Å². The van der Waals surface area contributed by atoms with E-state index in [9.17, 15) is 9.59 Å². The molecule has 1 fully saturated rings. The minimum Gasteiger partial charge on any atom is -0.307 e. The van der Waals surface area contributed by atoms with Crippen LogP contribution in [0.1, 0.15) is 11.3 Å². The van der Waals surface area contributed by atoms with E-state index in [1.807, 2.05) is 30.3 Å². The second kappa shape index (κ2) is 5.34. The smallest absolute Gasteiger partial charge is 0.278 e. The monoisotopic (exact) mass is 317 g/mol. The Morgan fingerprint density at radius 1 is 1.24 bits per heavy atom. The van der Waals surface area contributed by atoms with Gasteiger partial charge in [-0.1, -0.05) is 42.2 Å². The Kier molecular flexibility index (Phi) is 3.52. The molecule has 2 aromatic rings. The molecule has 5 nitrogen and oxygen atoms in total. The number of carbonyl (C=O) groups excluding carboxylic acids is 1. The van der Waals surface area contributed by atoms with Crippen molar-refractivity contribution in [3.8, 4) is 5.69 Å². The van der Waals surface area contributed by atoms with Crippen LogP contribution in [-0.4, -0.2) is 20.0 Å². The van der Waals surface area contributed by atoms with Gasteiger partial charge >= 0.3 is 0 Å². The Balaban J connectivity index is 2.08. The van der Waals surface area contributed by atoms with Gasteiger partial charge in [-0.2, -0.15) is 0 Å². The lowest BCUT2D eigenvalue weighted by Crippen LogP contribution is -2.18. The number of hydrogen-bond donors (Lipinski definition) is 2. The number of aryl methyl sites for hydroxylation is 1. The molecular weight excluding hydrogens is 306 g/mol. The average Bonchev–Trinajstić information content (AvgIpc) is 2.93. The normalized spacial score (nSPS) is 16.5. The first kappa shape index (κ1) is 13.8. The summed E-state index contributed by atoms with van der Waals surface area (Å²) < 4.78 is 1.86. The molecule has 0 atom stereocenters. The second-order valence-corrected chi connectivity index (χ2v) is 6.20. The van der Waals surface area contributed by atoms with Gasteiger partial charge in [-0.15, -0.1) is 0 Å². The molecule has 0 saturated carbocycles. The third-order valence-corrected chi connectivity index (χ3v) is 4.21. The minimum atomic E-state index is -0.267. The topological polar surface area (TPSA) is 66.9 Å². The van der Waals surface area contributed by atoms with E-state index in [0.717, 1.165) is 17.4 Å². The highest BCUT2D eigenvalue weighted by Crippen LogP contribution is 2.25. The van der Waals surface area contributed by atoms with Crippen molar-refractivity contribution >= 4 is 40.3 Å². The quantitative estimate of drug-likeness (QED) is 0.656. The first-order chi connectivity index (χ1) is 10.1. The third kappa shape index (κ3) is 2.57. The summed E-state index contributed by atoms with van der Waals surface area (Å²) in [5, 5.41) is 5.55. The van der Waals surface area contributed by atoms with E-state index in [-0.39, 0.29) is 11.5 Å². The van der Waals surface area contributed by atoms with Crippen LogP contribution in [0.2, 0.25) is 0 Å². The number of para-hydroxylation sites is 1. The first-order valence-electron chi connectivity index (χ1n) is 6.18. The Morgan fingerprint density at radius 3 is 2.57 bits per heavy atom. The summed E-state index contributed by atoms with van der Waals surface area (Å²) in [6.45, 7) is 1.79. The van der Waals surface area contributed by atoms with Gasteiger partial charge in [0.25, 0.3) is 11.5 Å². The van der Waals surface area contributed by atoms with Crippen LogP contribution in [0.4, 0.5) is 0 Å². The van der Waals surface area contributed by atoms with Gasteiger partial charge in [0, 0.05) is 5.69 Å². The molecule has 1 aromatic heterocycles. The number of thiocarbonyl (C=S) groups is 1. The summed E-state index contributed by atoms with van der Waals surface area (Å²) in [7, 11) is 0. The number of hydrogen-bond acceptors (Lipinski definition) is 4. The summed E-state index contributed by atoms with van der Waals surface area (Å²) in [5.41, 5.74) is 1.70. The Labute approximate surface area is 130 Å². The van der Waals surface area contributed by atoms with E-state index < -0.39 is 0 Å². The van der Waals surface area contributed by atoms with Gasteiger partial charge < -0.3 is 5.32 Å². The van der Waals surface area contributed by atoms with Crippen LogP contribution >= 0.6 is 24.0 Å². The van der Waals surface area contributed by atoms with Crippen LogP contribution in [0.3, 0.4) is 0 Å². The van der Waals surface area contributed by atoms with Crippen molar-refractivity contribution < 1.29 is 4.79 Å². The minimum absolute atomic E-state index is 0.197. The average molecular weight is 317 g/mol. The van der Waals surface area contributed by atoms with Gasteiger partial charge in [0.05, 0.1) is 16.2 Å². The number of benzene rings is 1. The zero-order valence-electron chi connectivity index (χ0n) is 11.0. The van der Waals surface area contributed by atoms with Crippen LogP contribution in [-0.2, 0) is 4.79 Å². The molecule has 21 heavy (non-hydrogen) atoms. The SMILES string of the molecule is Cc1[nH]n(-c2ccccc2)c(=O)c1C=C1SC(=S)NC1=O. The van der Waals surface area contributed by atoms with Crippen LogP contribution < -0.4 is 10.9 Å². The van der Waals surface area contributed by atoms with Crippen molar-refractivity contribution in [1.82, 2.24) is 15.1 Å². The number of H-pyrrole nitrogens is 1. The van der Waals surface area contributed by atoms with Crippen molar-refractivity contribution in [2.75, 3.05) is 0 Å². The number of carbonyl (C=O) groups is 1. The van der Waals surface area contributed by atoms with Gasteiger partial charge in [0.1, 0.15) is 4.32 Å². The van der Waals surface area contributed by atoms with E-state index in [1.165, 1.54) is 4.68 Å². The highest BCUT2D eigenvalue weighted by Gasteiger charge is 2.23. The molecular formula is C14H11N3O2S2. The lowest BCUT2D eigenvalue weighted by molar-refractivity contribution is -0.115. The summed E-state index contributed by atoms with van der Waals surface area (Å²) >= 11 is 6.10. The fraction of sp³-hybridized carbons (Fsp3) is 0.0714. The highest BCUT2D eigenvalue weighted by atomic mass is 32.2. The van der Waals surface area contributed by atoms with Crippen molar-refractivity contribution in [3.05, 3.63) is 56.8 Å². The molecule has 2 N–H and O–H groups in total. The Bertz CT molecular complexity index is 818. The maximum atomic E-state index is 12.5. The summed E-state index contributed by atoms with van der Waals surface area (Å²) in [4.78, 5) is 24.6.